The highest BCUT2D eigenvalue weighted by molar-refractivity contribution is 5.82. The van der Waals surface area contributed by atoms with Gasteiger partial charge in [-0.1, -0.05) is 6.92 Å². The van der Waals surface area contributed by atoms with Gasteiger partial charge in [-0.3, -0.25) is 4.79 Å². The summed E-state index contributed by atoms with van der Waals surface area (Å²) in [4.78, 5) is 10.8. The molecule has 0 spiro atoms. The van der Waals surface area contributed by atoms with Gasteiger partial charge in [0.1, 0.15) is 5.78 Å². The zero-order valence-electron chi connectivity index (χ0n) is 5.63. The van der Waals surface area contributed by atoms with Crippen LogP contribution in [0.15, 0.2) is 0 Å². The van der Waals surface area contributed by atoms with Crippen molar-refractivity contribution in [1.29, 1.82) is 0 Å². The second-order valence-electron chi connectivity index (χ2n) is 2.74. The Morgan fingerprint density at radius 3 is 2.67 bits per heavy atom. The zero-order valence-corrected chi connectivity index (χ0v) is 5.63. The molecule has 1 aliphatic carbocycles. The summed E-state index contributed by atoms with van der Waals surface area (Å²) in [6.07, 6.45) is 1.56. The Labute approximate surface area is 54.9 Å². The van der Waals surface area contributed by atoms with Gasteiger partial charge >= 0.3 is 0 Å². The second kappa shape index (κ2) is 2.48. The molecule has 0 saturated heterocycles. The van der Waals surface area contributed by atoms with Crippen LogP contribution >= 0.6 is 0 Å². The van der Waals surface area contributed by atoms with E-state index >= 15 is 0 Å². The lowest BCUT2D eigenvalue weighted by Gasteiger charge is -2.08. The summed E-state index contributed by atoms with van der Waals surface area (Å²) >= 11 is 0. The van der Waals surface area contributed by atoms with Crippen LogP contribution in [0.2, 0.25) is 0 Å². The molecule has 52 valence electrons. The lowest BCUT2D eigenvalue weighted by molar-refractivity contribution is -0.120. The zero-order chi connectivity index (χ0) is 6.85. The Kier molecular flexibility index (Phi) is 1.86. The van der Waals surface area contributed by atoms with E-state index < -0.39 is 0 Å². The number of aliphatic hydroxyl groups excluding tert-OH is 1. The van der Waals surface area contributed by atoms with Crippen molar-refractivity contribution in [1.82, 2.24) is 0 Å². The third kappa shape index (κ3) is 1.13. The van der Waals surface area contributed by atoms with Crippen molar-refractivity contribution in [3.8, 4) is 0 Å². The fourth-order valence-corrected chi connectivity index (χ4v) is 1.32. The van der Waals surface area contributed by atoms with Gasteiger partial charge in [0.05, 0.1) is 0 Å². The van der Waals surface area contributed by atoms with Crippen LogP contribution in [0.5, 0.6) is 0 Å². The number of ketones is 1. The molecule has 0 aromatic rings. The van der Waals surface area contributed by atoms with Crippen LogP contribution < -0.4 is 0 Å². The summed E-state index contributed by atoms with van der Waals surface area (Å²) in [6, 6.07) is 0. The average molecular weight is 128 g/mol. The molecule has 2 heteroatoms. The maximum absolute atomic E-state index is 10.8. The first kappa shape index (κ1) is 6.75. The summed E-state index contributed by atoms with van der Waals surface area (Å²) in [5.41, 5.74) is 0. The highest BCUT2D eigenvalue weighted by atomic mass is 16.3. The number of hydrogen-bond acceptors (Lipinski definition) is 2. The van der Waals surface area contributed by atoms with Gasteiger partial charge in [-0.25, -0.2) is 0 Å². The molecule has 0 aliphatic heterocycles. The maximum atomic E-state index is 10.8. The predicted molar refractivity (Wildman–Crippen MR) is 34.0 cm³/mol. The van der Waals surface area contributed by atoms with Crippen LogP contribution in [-0.4, -0.2) is 17.5 Å². The summed E-state index contributed by atoms with van der Waals surface area (Å²) in [7, 11) is 0. The van der Waals surface area contributed by atoms with Crippen LogP contribution in [0.1, 0.15) is 19.8 Å². The van der Waals surface area contributed by atoms with E-state index in [0.29, 0.717) is 12.2 Å². The normalized spacial score (nSPS) is 35.6. The number of hydrogen-bond donors (Lipinski definition) is 1. The molecule has 1 fully saturated rings. The first-order valence-corrected chi connectivity index (χ1v) is 3.39. The van der Waals surface area contributed by atoms with Gasteiger partial charge in [-0.2, -0.15) is 0 Å². The fraction of sp³-hybridized carbons (Fsp3) is 0.857. The van der Waals surface area contributed by atoms with E-state index in [1.165, 1.54) is 0 Å². The maximum Gasteiger partial charge on any atom is 0.136 e. The van der Waals surface area contributed by atoms with E-state index in [2.05, 4.69) is 0 Å². The van der Waals surface area contributed by atoms with Gasteiger partial charge in [0.15, 0.2) is 0 Å². The van der Waals surface area contributed by atoms with Gasteiger partial charge in [0, 0.05) is 18.9 Å². The first-order valence-electron chi connectivity index (χ1n) is 3.39. The standard InChI is InChI=1S/C7H12O2/c1-5-6(4-8)2-3-7(5)9/h5-6,8H,2-4H2,1H3/t5-,6?/m1/s1. The summed E-state index contributed by atoms with van der Waals surface area (Å²) in [5, 5.41) is 8.70. The number of carbonyl (C=O) groups excluding carboxylic acids is 1. The average Bonchev–Trinajstić information content (AvgIpc) is 2.15. The molecular formula is C7H12O2. The molecule has 1 saturated carbocycles. The highest BCUT2D eigenvalue weighted by Crippen LogP contribution is 2.27. The summed E-state index contributed by atoms with van der Waals surface area (Å²) in [6.45, 7) is 2.07. The third-order valence-electron chi connectivity index (χ3n) is 2.21. The molecule has 1 unspecified atom stereocenters. The molecule has 0 bridgehead atoms. The second-order valence-corrected chi connectivity index (χ2v) is 2.74. The van der Waals surface area contributed by atoms with Gasteiger partial charge in [0.25, 0.3) is 0 Å². The monoisotopic (exact) mass is 128 g/mol. The first-order chi connectivity index (χ1) is 4.25. The lowest BCUT2D eigenvalue weighted by atomic mass is 9.99. The smallest absolute Gasteiger partial charge is 0.136 e. The molecule has 0 radical (unpaired) electrons. The molecule has 0 heterocycles. The van der Waals surface area contributed by atoms with Crippen LogP contribution in [-0.2, 0) is 4.79 Å². The SMILES string of the molecule is C[C@H]1C(=O)CCC1CO. The summed E-state index contributed by atoms with van der Waals surface area (Å²) in [5.74, 6) is 0.668. The van der Waals surface area contributed by atoms with Crippen LogP contribution in [0.4, 0.5) is 0 Å². The van der Waals surface area contributed by atoms with Gasteiger partial charge in [-0.05, 0) is 12.3 Å². The molecule has 9 heavy (non-hydrogen) atoms. The van der Waals surface area contributed by atoms with Crippen molar-refractivity contribution in [2.45, 2.75) is 19.8 Å². The van der Waals surface area contributed by atoms with Gasteiger partial charge in [-0.15, -0.1) is 0 Å². The Balaban J connectivity index is 2.51. The van der Waals surface area contributed by atoms with E-state index in [0.717, 1.165) is 6.42 Å². The van der Waals surface area contributed by atoms with E-state index in [1.807, 2.05) is 6.92 Å². The Hall–Kier alpha value is -0.370. The molecule has 1 rings (SSSR count). The third-order valence-corrected chi connectivity index (χ3v) is 2.21. The van der Waals surface area contributed by atoms with Crippen LogP contribution in [0, 0.1) is 11.8 Å². The minimum absolute atomic E-state index is 0.106. The molecule has 2 nitrogen and oxygen atoms in total. The molecule has 0 aromatic carbocycles. The molecular weight excluding hydrogens is 116 g/mol. The molecule has 2 atom stereocenters. The van der Waals surface area contributed by atoms with Gasteiger partial charge < -0.3 is 5.11 Å². The van der Waals surface area contributed by atoms with E-state index in [9.17, 15) is 4.79 Å². The van der Waals surface area contributed by atoms with E-state index in [-0.39, 0.29) is 18.4 Å². The number of aliphatic hydroxyl groups is 1. The van der Waals surface area contributed by atoms with Crippen molar-refractivity contribution in [3.05, 3.63) is 0 Å². The Morgan fingerprint density at radius 2 is 2.44 bits per heavy atom. The van der Waals surface area contributed by atoms with Crippen molar-refractivity contribution in [2.75, 3.05) is 6.61 Å². The highest BCUT2D eigenvalue weighted by Gasteiger charge is 2.29. The van der Waals surface area contributed by atoms with Crippen LogP contribution in [0.3, 0.4) is 0 Å². The number of Topliss-reactive ketones (excluding diaryl/α,β-unsaturated/α-hetero) is 1. The van der Waals surface area contributed by atoms with Crippen molar-refractivity contribution >= 4 is 5.78 Å². The summed E-state index contributed by atoms with van der Waals surface area (Å²) < 4.78 is 0. The molecule has 0 aromatic heterocycles. The number of rotatable bonds is 1. The minimum Gasteiger partial charge on any atom is -0.396 e. The Morgan fingerprint density at radius 1 is 1.78 bits per heavy atom. The molecule has 1 aliphatic rings. The molecule has 1 N–H and O–H groups in total. The van der Waals surface area contributed by atoms with E-state index in [1.54, 1.807) is 0 Å². The van der Waals surface area contributed by atoms with E-state index in [4.69, 9.17) is 5.11 Å². The van der Waals surface area contributed by atoms with Crippen molar-refractivity contribution in [3.63, 3.8) is 0 Å². The topological polar surface area (TPSA) is 37.3 Å². The quantitative estimate of drug-likeness (QED) is 0.561. The number of carbonyl (C=O) groups is 1. The minimum atomic E-state index is 0.106. The fourth-order valence-electron chi connectivity index (χ4n) is 1.32. The predicted octanol–water partition coefficient (Wildman–Crippen LogP) is 0.594. The molecule has 0 amide bonds. The lowest BCUT2D eigenvalue weighted by Crippen LogP contribution is -2.13. The van der Waals surface area contributed by atoms with Crippen LogP contribution in [0.25, 0.3) is 0 Å². The van der Waals surface area contributed by atoms with Gasteiger partial charge in [0.2, 0.25) is 0 Å². The van der Waals surface area contributed by atoms with Crippen molar-refractivity contribution in [2.24, 2.45) is 11.8 Å². The van der Waals surface area contributed by atoms with Crippen molar-refractivity contribution < 1.29 is 9.90 Å². The Bertz CT molecular complexity index is 120. The largest absolute Gasteiger partial charge is 0.396 e.